The Hall–Kier alpha value is -1.55. The summed E-state index contributed by atoms with van der Waals surface area (Å²) in [4.78, 5) is 13.7. The van der Waals surface area contributed by atoms with Gasteiger partial charge in [0.1, 0.15) is 0 Å². The maximum atomic E-state index is 11.4. The standard InChI is InChI=1S/C15H23N3O/c1-15(14(17)19)8-10-18(11-15)9-2-3-12-4-6-13(16)7-5-12/h4-7H,2-3,8-11,16H2,1H3,(H2,17,19). The molecule has 1 aliphatic rings. The molecule has 4 heteroatoms. The van der Waals surface area contributed by atoms with Gasteiger partial charge < -0.3 is 16.4 Å². The highest BCUT2D eigenvalue weighted by Gasteiger charge is 2.38. The number of carbonyl (C=O) groups is 1. The molecule has 1 amide bonds. The number of anilines is 1. The van der Waals surface area contributed by atoms with Crippen molar-refractivity contribution in [3.63, 3.8) is 0 Å². The van der Waals surface area contributed by atoms with Crippen molar-refractivity contribution in [2.75, 3.05) is 25.4 Å². The lowest BCUT2D eigenvalue weighted by Crippen LogP contribution is -2.37. The summed E-state index contributed by atoms with van der Waals surface area (Å²) >= 11 is 0. The molecule has 0 saturated carbocycles. The number of nitrogens with zero attached hydrogens (tertiary/aromatic N) is 1. The smallest absolute Gasteiger partial charge is 0.224 e. The number of nitrogen functional groups attached to an aromatic ring is 1. The molecule has 1 aliphatic heterocycles. The Morgan fingerprint density at radius 3 is 2.63 bits per heavy atom. The van der Waals surface area contributed by atoms with Gasteiger partial charge in [-0.3, -0.25) is 4.79 Å². The van der Waals surface area contributed by atoms with Gasteiger partial charge in [0.15, 0.2) is 0 Å². The normalized spacial score (nSPS) is 23.6. The number of carbonyl (C=O) groups excluding carboxylic acids is 1. The van der Waals surface area contributed by atoms with Gasteiger partial charge in [-0.05, 0) is 57.0 Å². The SMILES string of the molecule is CC1(C(N)=O)CCN(CCCc2ccc(N)cc2)C1. The molecule has 0 spiro atoms. The third-order valence-corrected chi connectivity index (χ3v) is 4.07. The Balaban J connectivity index is 1.75. The number of amides is 1. The fraction of sp³-hybridized carbons (Fsp3) is 0.533. The third kappa shape index (κ3) is 3.47. The second kappa shape index (κ2) is 5.61. The Labute approximate surface area is 114 Å². The van der Waals surface area contributed by atoms with Crippen molar-refractivity contribution in [3.8, 4) is 0 Å². The molecule has 19 heavy (non-hydrogen) atoms. The summed E-state index contributed by atoms with van der Waals surface area (Å²) in [5, 5.41) is 0. The molecular weight excluding hydrogens is 238 g/mol. The lowest BCUT2D eigenvalue weighted by atomic mass is 9.89. The highest BCUT2D eigenvalue weighted by molar-refractivity contribution is 5.81. The highest BCUT2D eigenvalue weighted by Crippen LogP contribution is 2.29. The Bertz CT molecular complexity index is 443. The van der Waals surface area contributed by atoms with Crippen molar-refractivity contribution in [2.45, 2.75) is 26.2 Å². The van der Waals surface area contributed by atoms with Crippen LogP contribution in [-0.4, -0.2) is 30.4 Å². The summed E-state index contributed by atoms with van der Waals surface area (Å²) in [7, 11) is 0. The lowest BCUT2D eigenvalue weighted by Gasteiger charge is -2.20. The van der Waals surface area contributed by atoms with E-state index in [1.165, 1.54) is 5.56 Å². The van der Waals surface area contributed by atoms with Crippen LogP contribution in [0.2, 0.25) is 0 Å². The van der Waals surface area contributed by atoms with Crippen molar-refractivity contribution < 1.29 is 4.79 Å². The first-order valence-corrected chi connectivity index (χ1v) is 6.86. The zero-order valence-electron chi connectivity index (χ0n) is 11.6. The average molecular weight is 261 g/mol. The molecule has 1 saturated heterocycles. The number of hydrogen-bond donors (Lipinski definition) is 2. The minimum atomic E-state index is -0.332. The van der Waals surface area contributed by atoms with E-state index in [-0.39, 0.29) is 11.3 Å². The minimum absolute atomic E-state index is 0.173. The van der Waals surface area contributed by atoms with E-state index in [2.05, 4.69) is 17.0 Å². The van der Waals surface area contributed by atoms with Gasteiger partial charge in [-0.1, -0.05) is 12.1 Å². The quantitative estimate of drug-likeness (QED) is 0.787. The maximum Gasteiger partial charge on any atom is 0.224 e. The van der Waals surface area contributed by atoms with Gasteiger partial charge in [-0.2, -0.15) is 0 Å². The molecule has 0 aromatic heterocycles. The zero-order valence-corrected chi connectivity index (χ0v) is 11.6. The van der Waals surface area contributed by atoms with Crippen LogP contribution >= 0.6 is 0 Å². The van der Waals surface area contributed by atoms with Crippen molar-refractivity contribution in [2.24, 2.45) is 11.1 Å². The van der Waals surface area contributed by atoms with Gasteiger partial charge in [0.05, 0.1) is 5.41 Å². The topological polar surface area (TPSA) is 72.4 Å². The van der Waals surface area contributed by atoms with Crippen molar-refractivity contribution in [1.29, 1.82) is 0 Å². The molecule has 4 N–H and O–H groups in total. The van der Waals surface area contributed by atoms with E-state index in [1.54, 1.807) is 0 Å². The van der Waals surface area contributed by atoms with Crippen LogP contribution in [0.3, 0.4) is 0 Å². The molecule has 4 nitrogen and oxygen atoms in total. The number of rotatable bonds is 5. The lowest BCUT2D eigenvalue weighted by molar-refractivity contribution is -0.126. The highest BCUT2D eigenvalue weighted by atomic mass is 16.1. The molecule has 1 unspecified atom stereocenters. The van der Waals surface area contributed by atoms with Gasteiger partial charge in [0.25, 0.3) is 0 Å². The van der Waals surface area contributed by atoms with E-state index in [4.69, 9.17) is 11.5 Å². The molecule has 0 bridgehead atoms. The van der Waals surface area contributed by atoms with Crippen molar-refractivity contribution >= 4 is 11.6 Å². The largest absolute Gasteiger partial charge is 0.399 e. The number of likely N-dealkylation sites (tertiary alicyclic amines) is 1. The Morgan fingerprint density at radius 2 is 2.05 bits per heavy atom. The van der Waals surface area contributed by atoms with E-state index >= 15 is 0 Å². The van der Waals surface area contributed by atoms with Gasteiger partial charge in [-0.15, -0.1) is 0 Å². The average Bonchev–Trinajstić information content (AvgIpc) is 2.75. The van der Waals surface area contributed by atoms with Crippen LogP contribution in [0.4, 0.5) is 5.69 Å². The van der Waals surface area contributed by atoms with Crippen LogP contribution in [0.5, 0.6) is 0 Å². The summed E-state index contributed by atoms with van der Waals surface area (Å²) in [6.45, 7) is 4.76. The third-order valence-electron chi connectivity index (χ3n) is 4.07. The predicted octanol–water partition coefficient (Wildman–Crippen LogP) is 1.40. The molecule has 1 aromatic rings. The van der Waals surface area contributed by atoms with E-state index in [9.17, 15) is 4.79 Å². The summed E-state index contributed by atoms with van der Waals surface area (Å²) in [6.07, 6.45) is 3.02. The molecule has 1 fully saturated rings. The van der Waals surface area contributed by atoms with Crippen molar-refractivity contribution in [3.05, 3.63) is 29.8 Å². The van der Waals surface area contributed by atoms with Gasteiger partial charge in [0.2, 0.25) is 5.91 Å². The van der Waals surface area contributed by atoms with Crippen LogP contribution in [0.15, 0.2) is 24.3 Å². The van der Waals surface area contributed by atoms with E-state index in [1.807, 2.05) is 19.1 Å². The molecule has 2 rings (SSSR count). The van der Waals surface area contributed by atoms with E-state index in [0.717, 1.165) is 44.6 Å². The number of primary amides is 1. The first-order chi connectivity index (χ1) is 8.99. The fourth-order valence-corrected chi connectivity index (χ4v) is 2.64. The van der Waals surface area contributed by atoms with Crippen LogP contribution < -0.4 is 11.5 Å². The van der Waals surface area contributed by atoms with Crippen molar-refractivity contribution in [1.82, 2.24) is 4.90 Å². The summed E-state index contributed by atoms with van der Waals surface area (Å²) in [5.74, 6) is -0.173. The fourth-order valence-electron chi connectivity index (χ4n) is 2.64. The van der Waals surface area contributed by atoms with Crippen LogP contribution in [0.25, 0.3) is 0 Å². The zero-order chi connectivity index (χ0) is 13.9. The molecule has 104 valence electrons. The Morgan fingerprint density at radius 1 is 1.37 bits per heavy atom. The second-order valence-electron chi connectivity index (χ2n) is 5.80. The maximum absolute atomic E-state index is 11.4. The number of nitrogens with two attached hydrogens (primary N) is 2. The molecular formula is C15H23N3O. The minimum Gasteiger partial charge on any atom is -0.399 e. The number of aryl methyl sites for hydroxylation is 1. The molecule has 1 atom stereocenters. The first kappa shape index (κ1) is 13.9. The van der Waals surface area contributed by atoms with Gasteiger partial charge in [0, 0.05) is 12.2 Å². The first-order valence-electron chi connectivity index (χ1n) is 6.86. The summed E-state index contributed by atoms with van der Waals surface area (Å²) in [5.41, 5.74) is 12.9. The Kier molecular flexibility index (Phi) is 4.10. The number of hydrogen-bond acceptors (Lipinski definition) is 3. The van der Waals surface area contributed by atoms with Gasteiger partial charge >= 0.3 is 0 Å². The van der Waals surface area contributed by atoms with Gasteiger partial charge in [-0.25, -0.2) is 0 Å². The van der Waals surface area contributed by atoms with Crippen LogP contribution in [-0.2, 0) is 11.2 Å². The number of benzene rings is 1. The monoisotopic (exact) mass is 261 g/mol. The summed E-state index contributed by atoms with van der Waals surface area (Å²) < 4.78 is 0. The second-order valence-corrected chi connectivity index (χ2v) is 5.80. The van der Waals surface area contributed by atoms with Crippen LogP contribution in [0.1, 0.15) is 25.3 Å². The molecule has 0 radical (unpaired) electrons. The van der Waals surface area contributed by atoms with E-state index < -0.39 is 0 Å². The van der Waals surface area contributed by atoms with E-state index in [0.29, 0.717) is 0 Å². The van der Waals surface area contributed by atoms with Crippen LogP contribution in [0, 0.1) is 5.41 Å². The predicted molar refractivity (Wildman–Crippen MR) is 77.5 cm³/mol. The molecule has 1 heterocycles. The summed E-state index contributed by atoms with van der Waals surface area (Å²) in [6, 6.07) is 8.03. The molecule has 0 aliphatic carbocycles. The molecule has 1 aromatic carbocycles.